The topological polar surface area (TPSA) is 47.6 Å². The Bertz CT molecular complexity index is 305. The van der Waals surface area contributed by atoms with Crippen LogP contribution in [0, 0.1) is 5.92 Å². The molecule has 1 N–H and O–H groups in total. The Hall–Kier alpha value is -0.260. The molecule has 1 atom stereocenters. The number of nitrogens with one attached hydrogen (secondary N) is 1. The second kappa shape index (κ2) is 6.95. The van der Waals surface area contributed by atoms with Crippen molar-refractivity contribution in [3.63, 3.8) is 0 Å². The molecule has 0 aromatic carbocycles. The summed E-state index contributed by atoms with van der Waals surface area (Å²) in [4.78, 5) is 12.4. The average molecular weight is 287 g/mol. The van der Waals surface area contributed by atoms with Crippen LogP contribution in [0.15, 0.2) is 0 Å². The summed E-state index contributed by atoms with van der Waals surface area (Å²) in [7, 11) is 1.71. The number of rotatable bonds is 10. The van der Waals surface area contributed by atoms with Gasteiger partial charge in [-0.1, -0.05) is 0 Å². The smallest absolute Gasteiger partial charge is 0.327 e. The highest BCUT2D eigenvalue weighted by Crippen LogP contribution is 2.44. The maximum absolute atomic E-state index is 12.4. The van der Waals surface area contributed by atoms with Crippen molar-refractivity contribution in [2.75, 3.05) is 31.8 Å². The highest BCUT2D eigenvalue weighted by molar-refractivity contribution is 7.99. The van der Waals surface area contributed by atoms with Crippen molar-refractivity contribution < 1.29 is 14.3 Å². The van der Waals surface area contributed by atoms with Crippen LogP contribution in [0.4, 0.5) is 0 Å². The lowest BCUT2D eigenvalue weighted by molar-refractivity contribution is -0.151. The third kappa shape index (κ3) is 4.10. The third-order valence-corrected chi connectivity index (χ3v) is 4.83. The van der Waals surface area contributed by atoms with Gasteiger partial charge in [0.05, 0.1) is 13.2 Å². The summed E-state index contributed by atoms with van der Waals surface area (Å²) in [5.41, 5.74) is -0.449. The Morgan fingerprint density at radius 3 is 2.63 bits per heavy atom. The van der Waals surface area contributed by atoms with Gasteiger partial charge in [-0.15, -0.1) is 0 Å². The van der Waals surface area contributed by atoms with Crippen LogP contribution in [-0.2, 0) is 14.3 Å². The molecule has 2 fully saturated rings. The van der Waals surface area contributed by atoms with Gasteiger partial charge in [-0.25, -0.2) is 0 Å². The van der Waals surface area contributed by atoms with E-state index in [4.69, 9.17) is 9.47 Å². The lowest BCUT2D eigenvalue weighted by Crippen LogP contribution is -2.58. The first-order valence-corrected chi connectivity index (χ1v) is 8.40. The summed E-state index contributed by atoms with van der Waals surface area (Å²) in [5.74, 6) is 2.14. The molecule has 0 saturated heterocycles. The molecule has 0 aromatic rings. The van der Waals surface area contributed by atoms with Gasteiger partial charge in [-0.3, -0.25) is 10.1 Å². The van der Waals surface area contributed by atoms with Crippen LogP contribution in [0.25, 0.3) is 0 Å². The Labute approximate surface area is 120 Å². The van der Waals surface area contributed by atoms with Crippen LogP contribution in [0.5, 0.6) is 0 Å². The van der Waals surface area contributed by atoms with Crippen molar-refractivity contribution in [2.24, 2.45) is 5.92 Å². The van der Waals surface area contributed by atoms with E-state index in [1.54, 1.807) is 18.9 Å². The summed E-state index contributed by atoms with van der Waals surface area (Å²) in [6, 6.07) is 0.521. The van der Waals surface area contributed by atoms with Gasteiger partial charge in [0.15, 0.2) is 0 Å². The fourth-order valence-corrected chi connectivity index (χ4v) is 3.55. The number of hydrogen-bond acceptors (Lipinski definition) is 5. The van der Waals surface area contributed by atoms with E-state index in [0.717, 1.165) is 31.0 Å². The first-order chi connectivity index (χ1) is 9.23. The van der Waals surface area contributed by atoms with Crippen molar-refractivity contribution in [1.82, 2.24) is 5.32 Å². The van der Waals surface area contributed by atoms with E-state index in [2.05, 4.69) is 5.32 Å². The summed E-state index contributed by atoms with van der Waals surface area (Å²) < 4.78 is 10.4. The quantitative estimate of drug-likeness (QED) is 0.491. The number of carbonyl (C=O) groups is 1. The summed E-state index contributed by atoms with van der Waals surface area (Å²) in [6.45, 7) is 3.07. The number of esters is 1. The maximum Gasteiger partial charge on any atom is 0.327 e. The highest BCUT2D eigenvalue weighted by atomic mass is 32.2. The Balaban J connectivity index is 1.97. The van der Waals surface area contributed by atoms with E-state index in [1.165, 1.54) is 12.8 Å². The van der Waals surface area contributed by atoms with Gasteiger partial charge >= 0.3 is 5.97 Å². The van der Waals surface area contributed by atoms with E-state index in [-0.39, 0.29) is 5.97 Å². The number of thioether (sulfide) groups is 1. The molecule has 0 aromatic heterocycles. The fraction of sp³-hybridized carbons (Fsp3) is 0.929. The molecule has 1 unspecified atom stereocenters. The van der Waals surface area contributed by atoms with Gasteiger partial charge in [0, 0.05) is 24.7 Å². The van der Waals surface area contributed by atoms with Gasteiger partial charge in [0.2, 0.25) is 0 Å². The number of ether oxygens (including phenoxy) is 2. The Kier molecular flexibility index (Phi) is 5.54. The largest absolute Gasteiger partial charge is 0.465 e. The zero-order valence-electron chi connectivity index (χ0n) is 11.9. The second-order valence-corrected chi connectivity index (χ2v) is 6.54. The van der Waals surface area contributed by atoms with Crippen molar-refractivity contribution in [3.8, 4) is 0 Å². The van der Waals surface area contributed by atoms with Gasteiger partial charge in [0.25, 0.3) is 0 Å². The lowest BCUT2D eigenvalue weighted by Gasteiger charge is -2.32. The molecule has 110 valence electrons. The molecule has 0 radical (unpaired) electrons. The van der Waals surface area contributed by atoms with Crippen LogP contribution in [0.1, 0.15) is 32.6 Å². The minimum absolute atomic E-state index is 0.0469. The predicted octanol–water partition coefficient (Wildman–Crippen LogP) is 1.83. The van der Waals surface area contributed by atoms with Crippen LogP contribution < -0.4 is 5.32 Å². The first kappa shape index (κ1) is 15.1. The van der Waals surface area contributed by atoms with E-state index in [1.807, 2.05) is 6.92 Å². The van der Waals surface area contributed by atoms with Crippen molar-refractivity contribution in [1.29, 1.82) is 0 Å². The third-order valence-electron chi connectivity index (χ3n) is 3.71. The van der Waals surface area contributed by atoms with Crippen molar-refractivity contribution >= 4 is 17.7 Å². The predicted molar refractivity (Wildman–Crippen MR) is 77.4 cm³/mol. The second-order valence-electron chi connectivity index (χ2n) is 5.43. The van der Waals surface area contributed by atoms with Gasteiger partial charge in [-0.2, -0.15) is 11.8 Å². The van der Waals surface area contributed by atoms with Crippen molar-refractivity contribution in [2.45, 2.75) is 44.2 Å². The number of methoxy groups -OCH3 is 1. The zero-order valence-corrected chi connectivity index (χ0v) is 12.8. The zero-order chi connectivity index (χ0) is 13.7. The fourth-order valence-electron chi connectivity index (χ4n) is 2.37. The molecule has 0 amide bonds. The first-order valence-electron chi connectivity index (χ1n) is 7.24. The molecule has 0 heterocycles. The molecular weight excluding hydrogens is 262 g/mol. The lowest BCUT2D eigenvalue weighted by atomic mass is 9.95. The van der Waals surface area contributed by atoms with E-state index in [9.17, 15) is 4.79 Å². The van der Waals surface area contributed by atoms with E-state index in [0.29, 0.717) is 18.6 Å². The van der Waals surface area contributed by atoms with Crippen LogP contribution in [0.3, 0.4) is 0 Å². The Morgan fingerprint density at radius 1 is 1.37 bits per heavy atom. The summed E-state index contributed by atoms with van der Waals surface area (Å²) in [5, 5.41) is 3.59. The van der Waals surface area contributed by atoms with Gasteiger partial charge in [0.1, 0.15) is 5.54 Å². The average Bonchev–Trinajstić information content (AvgIpc) is 3.26. The normalized spacial score (nSPS) is 22.0. The molecule has 2 saturated carbocycles. The van der Waals surface area contributed by atoms with Crippen molar-refractivity contribution in [3.05, 3.63) is 0 Å². The summed E-state index contributed by atoms with van der Waals surface area (Å²) >= 11 is 1.79. The van der Waals surface area contributed by atoms with E-state index >= 15 is 0 Å². The van der Waals surface area contributed by atoms with E-state index < -0.39 is 5.54 Å². The molecule has 2 aliphatic rings. The number of hydrogen-bond donors (Lipinski definition) is 1. The van der Waals surface area contributed by atoms with Crippen LogP contribution in [0.2, 0.25) is 0 Å². The van der Waals surface area contributed by atoms with Gasteiger partial charge in [-0.05, 0) is 38.5 Å². The minimum Gasteiger partial charge on any atom is -0.465 e. The number of carbonyl (C=O) groups excluding carboxylic acids is 1. The molecule has 19 heavy (non-hydrogen) atoms. The van der Waals surface area contributed by atoms with Crippen LogP contribution in [-0.4, -0.2) is 49.4 Å². The molecule has 5 heteroatoms. The SMILES string of the molecule is CCOC(=O)C(CSCCOC)(NC1CC1)C1CC1. The Morgan fingerprint density at radius 2 is 2.11 bits per heavy atom. The van der Waals surface area contributed by atoms with Crippen LogP contribution >= 0.6 is 11.8 Å². The minimum atomic E-state index is -0.449. The summed E-state index contributed by atoms with van der Waals surface area (Å²) in [6.07, 6.45) is 4.67. The molecule has 0 aliphatic heterocycles. The molecular formula is C14H25NO3S. The standard InChI is InChI=1S/C14H25NO3S/c1-3-18-13(16)14(11-4-5-11,15-12-6-7-12)10-19-9-8-17-2/h11-12,15H,3-10H2,1-2H3. The molecule has 4 nitrogen and oxygen atoms in total. The molecule has 0 spiro atoms. The monoisotopic (exact) mass is 287 g/mol. The van der Waals surface area contributed by atoms with Gasteiger partial charge < -0.3 is 9.47 Å². The highest BCUT2D eigenvalue weighted by Gasteiger charge is 2.53. The molecule has 0 bridgehead atoms. The maximum atomic E-state index is 12.4. The molecule has 2 aliphatic carbocycles. The molecule has 2 rings (SSSR count).